The van der Waals surface area contributed by atoms with Crippen molar-refractivity contribution in [1.82, 2.24) is 9.97 Å². The van der Waals surface area contributed by atoms with E-state index in [9.17, 15) is 12.8 Å². The number of hydrogen-bond acceptors (Lipinski definition) is 4. The Balaban J connectivity index is 2.25. The van der Waals surface area contributed by atoms with Crippen molar-refractivity contribution in [1.29, 1.82) is 0 Å². The van der Waals surface area contributed by atoms with E-state index in [-0.39, 0.29) is 16.6 Å². The van der Waals surface area contributed by atoms with Crippen LogP contribution in [0.15, 0.2) is 36.8 Å². The number of halogens is 2. The van der Waals surface area contributed by atoms with Crippen LogP contribution in [0.5, 0.6) is 0 Å². The van der Waals surface area contributed by atoms with E-state index in [4.69, 9.17) is 11.6 Å². The quantitative estimate of drug-likeness (QED) is 0.868. The fourth-order valence-corrected chi connectivity index (χ4v) is 2.82. The second-order valence-electron chi connectivity index (χ2n) is 4.04. The van der Waals surface area contributed by atoms with Crippen molar-refractivity contribution >= 4 is 27.4 Å². The summed E-state index contributed by atoms with van der Waals surface area (Å²) >= 11 is 5.56. The average molecular weight is 316 g/mol. The van der Waals surface area contributed by atoms with E-state index in [1.165, 1.54) is 37.8 Å². The molecule has 1 heterocycles. The molecule has 106 valence electrons. The monoisotopic (exact) mass is 315 g/mol. The molecule has 2 aromatic rings. The van der Waals surface area contributed by atoms with Gasteiger partial charge >= 0.3 is 0 Å². The van der Waals surface area contributed by atoms with Crippen LogP contribution in [0.2, 0.25) is 5.02 Å². The Morgan fingerprint density at radius 2 is 2.10 bits per heavy atom. The van der Waals surface area contributed by atoms with Gasteiger partial charge in [-0.15, -0.1) is 0 Å². The molecule has 0 unspecified atom stereocenters. The topological polar surface area (TPSA) is 63.2 Å². The third-order valence-corrected chi connectivity index (χ3v) is 4.65. The van der Waals surface area contributed by atoms with Crippen molar-refractivity contribution in [2.45, 2.75) is 5.75 Å². The Labute approximate surface area is 121 Å². The van der Waals surface area contributed by atoms with Crippen LogP contribution in [0, 0.1) is 5.82 Å². The van der Waals surface area contributed by atoms with Crippen LogP contribution >= 0.6 is 11.6 Å². The van der Waals surface area contributed by atoms with Gasteiger partial charge in [-0.2, -0.15) is 0 Å². The SMILES string of the molecule is CN(c1cnccn1)S(=O)(=O)Cc1ccc(Cl)c(F)c1. The summed E-state index contributed by atoms with van der Waals surface area (Å²) in [5, 5.41) is -0.0478. The van der Waals surface area contributed by atoms with Gasteiger partial charge in [0.1, 0.15) is 5.82 Å². The van der Waals surface area contributed by atoms with E-state index in [0.717, 1.165) is 10.4 Å². The van der Waals surface area contributed by atoms with Gasteiger partial charge in [0.25, 0.3) is 0 Å². The van der Waals surface area contributed by atoms with Crippen molar-refractivity contribution in [2.75, 3.05) is 11.4 Å². The lowest BCUT2D eigenvalue weighted by Crippen LogP contribution is -2.28. The molecule has 2 rings (SSSR count). The summed E-state index contributed by atoms with van der Waals surface area (Å²) in [6.45, 7) is 0. The van der Waals surface area contributed by atoms with E-state index in [2.05, 4.69) is 9.97 Å². The molecule has 5 nitrogen and oxygen atoms in total. The van der Waals surface area contributed by atoms with Crippen molar-refractivity contribution in [3.63, 3.8) is 0 Å². The van der Waals surface area contributed by atoms with Gasteiger partial charge in [0, 0.05) is 19.4 Å². The van der Waals surface area contributed by atoms with E-state index >= 15 is 0 Å². The summed E-state index contributed by atoms with van der Waals surface area (Å²) in [6.07, 6.45) is 4.17. The maximum Gasteiger partial charge on any atom is 0.240 e. The molecule has 0 bridgehead atoms. The zero-order chi connectivity index (χ0) is 14.8. The molecular formula is C12H11ClFN3O2S. The predicted octanol–water partition coefficient (Wildman–Crippen LogP) is 2.24. The summed E-state index contributed by atoms with van der Waals surface area (Å²) in [7, 11) is -2.31. The molecule has 0 atom stereocenters. The molecule has 0 aliphatic heterocycles. The first-order chi connectivity index (χ1) is 9.40. The number of hydrogen-bond donors (Lipinski definition) is 0. The zero-order valence-corrected chi connectivity index (χ0v) is 12.1. The van der Waals surface area contributed by atoms with Crippen molar-refractivity contribution in [3.05, 3.63) is 53.2 Å². The van der Waals surface area contributed by atoms with Crippen LogP contribution in [0.3, 0.4) is 0 Å². The molecule has 0 amide bonds. The Hall–Kier alpha value is -1.73. The Morgan fingerprint density at radius 1 is 1.35 bits per heavy atom. The molecule has 0 radical (unpaired) electrons. The van der Waals surface area contributed by atoms with E-state index in [1.807, 2.05) is 0 Å². The third-order valence-electron chi connectivity index (χ3n) is 2.62. The first kappa shape index (κ1) is 14.7. The van der Waals surface area contributed by atoms with Crippen LogP contribution in [0.25, 0.3) is 0 Å². The van der Waals surface area contributed by atoms with Crippen LogP contribution in [0.4, 0.5) is 10.2 Å². The predicted molar refractivity (Wildman–Crippen MR) is 74.5 cm³/mol. The van der Waals surface area contributed by atoms with E-state index < -0.39 is 15.8 Å². The lowest BCUT2D eigenvalue weighted by Gasteiger charge is -2.17. The van der Waals surface area contributed by atoms with Crippen molar-refractivity contribution in [3.8, 4) is 0 Å². The minimum atomic E-state index is -3.67. The molecular weight excluding hydrogens is 305 g/mol. The molecule has 0 saturated carbocycles. The number of aromatic nitrogens is 2. The second kappa shape index (κ2) is 5.72. The van der Waals surface area contributed by atoms with Gasteiger partial charge in [-0.3, -0.25) is 9.29 Å². The number of benzene rings is 1. The summed E-state index contributed by atoms with van der Waals surface area (Å²) in [6, 6.07) is 3.89. The minimum Gasteiger partial charge on any atom is -0.259 e. The molecule has 0 N–H and O–H groups in total. The Bertz CT molecular complexity index is 710. The first-order valence-electron chi connectivity index (χ1n) is 5.57. The normalized spacial score (nSPS) is 11.3. The molecule has 0 aliphatic rings. The Kier molecular flexibility index (Phi) is 4.20. The highest BCUT2D eigenvalue weighted by molar-refractivity contribution is 7.92. The minimum absolute atomic E-state index is 0.0478. The van der Waals surface area contributed by atoms with Crippen LogP contribution in [-0.2, 0) is 15.8 Å². The molecule has 0 spiro atoms. The maximum atomic E-state index is 13.3. The fourth-order valence-electron chi connectivity index (χ4n) is 1.53. The van der Waals surface area contributed by atoms with E-state index in [1.54, 1.807) is 0 Å². The van der Waals surface area contributed by atoms with Gasteiger partial charge in [-0.25, -0.2) is 17.8 Å². The smallest absolute Gasteiger partial charge is 0.240 e. The molecule has 0 saturated heterocycles. The molecule has 1 aromatic heterocycles. The molecule has 0 fully saturated rings. The van der Waals surface area contributed by atoms with Crippen molar-refractivity contribution < 1.29 is 12.8 Å². The van der Waals surface area contributed by atoms with Gasteiger partial charge in [0.2, 0.25) is 10.0 Å². The molecule has 8 heteroatoms. The van der Waals surface area contributed by atoms with Crippen molar-refractivity contribution in [2.24, 2.45) is 0 Å². The van der Waals surface area contributed by atoms with Crippen LogP contribution < -0.4 is 4.31 Å². The van der Waals surface area contributed by atoms with Gasteiger partial charge < -0.3 is 0 Å². The van der Waals surface area contributed by atoms with Crippen LogP contribution in [-0.4, -0.2) is 25.4 Å². The summed E-state index contributed by atoms with van der Waals surface area (Å²) in [5.74, 6) is -0.808. The largest absolute Gasteiger partial charge is 0.259 e. The highest BCUT2D eigenvalue weighted by Gasteiger charge is 2.20. The Morgan fingerprint density at radius 3 is 2.70 bits per heavy atom. The lowest BCUT2D eigenvalue weighted by molar-refractivity contribution is 0.592. The third kappa shape index (κ3) is 3.23. The molecule has 1 aromatic carbocycles. The molecule has 0 aliphatic carbocycles. The second-order valence-corrected chi connectivity index (χ2v) is 6.44. The summed E-state index contributed by atoms with van der Waals surface area (Å²) in [5.41, 5.74) is 0.308. The van der Waals surface area contributed by atoms with Crippen LogP contribution in [0.1, 0.15) is 5.56 Å². The van der Waals surface area contributed by atoms with E-state index in [0.29, 0.717) is 5.56 Å². The lowest BCUT2D eigenvalue weighted by atomic mass is 10.2. The fraction of sp³-hybridized carbons (Fsp3) is 0.167. The number of sulfonamides is 1. The summed E-state index contributed by atoms with van der Waals surface area (Å²) < 4.78 is 38.7. The average Bonchev–Trinajstić information content (AvgIpc) is 2.43. The first-order valence-corrected chi connectivity index (χ1v) is 7.55. The highest BCUT2D eigenvalue weighted by atomic mass is 35.5. The van der Waals surface area contributed by atoms with Gasteiger partial charge in [0.05, 0.1) is 17.0 Å². The number of nitrogens with zero attached hydrogens (tertiary/aromatic N) is 3. The van der Waals surface area contributed by atoms with Gasteiger partial charge in [-0.05, 0) is 17.7 Å². The summed E-state index contributed by atoms with van der Waals surface area (Å²) in [4.78, 5) is 7.71. The highest BCUT2D eigenvalue weighted by Crippen LogP contribution is 2.19. The molecule has 20 heavy (non-hydrogen) atoms. The zero-order valence-electron chi connectivity index (χ0n) is 10.5. The number of anilines is 1. The standard InChI is InChI=1S/C12H11ClFN3O2S/c1-17(12-7-15-4-5-16-12)20(18,19)8-9-2-3-10(13)11(14)6-9/h2-7H,8H2,1H3. The van der Waals surface area contributed by atoms with Gasteiger partial charge in [-0.1, -0.05) is 17.7 Å². The number of rotatable bonds is 4. The van der Waals surface area contributed by atoms with Gasteiger partial charge in [0.15, 0.2) is 5.82 Å². The maximum absolute atomic E-state index is 13.3.